The number of benzene rings is 2. The van der Waals surface area contributed by atoms with Crippen LogP contribution in [-0.4, -0.2) is 75.9 Å². The summed E-state index contributed by atoms with van der Waals surface area (Å²) >= 11 is 0. The molecule has 2 heterocycles. The van der Waals surface area contributed by atoms with Gasteiger partial charge in [0.15, 0.2) is 0 Å². The monoisotopic (exact) mass is 470 g/mol. The van der Waals surface area contributed by atoms with E-state index < -0.39 is 10.0 Å². The summed E-state index contributed by atoms with van der Waals surface area (Å²) in [6, 6.07) is 17.2. The van der Waals surface area contributed by atoms with Crippen molar-refractivity contribution in [1.29, 1.82) is 0 Å². The Balaban J connectivity index is 1.18. The predicted molar refractivity (Wildman–Crippen MR) is 131 cm³/mol. The minimum absolute atomic E-state index is 0.0374. The Morgan fingerprint density at radius 3 is 2.15 bits per heavy atom. The van der Waals surface area contributed by atoms with E-state index in [0.717, 1.165) is 57.5 Å². The second-order valence-corrected chi connectivity index (χ2v) is 10.7. The highest BCUT2D eigenvalue weighted by Gasteiger charge is 2.25. The molecule has 0 saturated carbocycles. The fourth-order valence-electron chi connectivity index (χ4n) is 4.50. The Labute approximate surface area is 197 Å². The first-order chi connectivity index (χ1) is 16.0. The molecule has 8 heteroatoms. The van der Waals surface area contributed by atoms with Crippen LogP contribution in [0.1, 0.15) is 24.8 Å². The first kappa shape index (κ1) is 23.7. The van der Waals surface area contributed by atoms with E-state index >= 15 is 0 Å². The lowest BCUT2D eigenvalue weighted by Gasteiger charge is -2.36. The summed E-state index contributed by atoms with van der Waals surface area (Å²) in [7, 11) is -3.43. The molecule has 0 bridgehead atoms. The Morgan fingerprint density at radius 2 is 1.48 bits per heavy atom. The molecule has 4 rings (SSSR count). The summed E-state index contributed by atoms with van der Waals surface area (Å²) in [6.45, 7) is 6.58. The summed E-state index contributed by atoms with van der Waals surface area (Å²) < 4.78 is 27.1. The van der Waals surface area contributed by atoms with E-state index in [1.807, 2.05) is 6.07 Å². The van der Waals surface area contributed by atoms with Gasteiger partial charge in [-0.1, -0.05) is 36.8 Å². The van der Waals surface area contributed by atoms with Crippen molar-refractivity contribution in [2.75, 3.05) is 57.3 Å². The molecule has 0 radical (unpaired) electrons. The third-order valence-corrected chi connectivity index (χ3v) is 8.40. The first-order valence-corrected chi connectivity index (χ1v) is 13.3. The van der Waals surface area contributed by atoms with Gasteiger partial charge in [0.2, 0.25) is 15.9 Å². The topological polar surface area (TPSA) is 73.0 Å². The number of carbonyl (C=O) groups excluding carboxylic acids is 1. The number of nitrogens with one attached hydrogen (secondary N) is 1. The zero-order chi connectivity index (χ0) is 23.1. The Bertz CT molecular complexity index is 998. The van der Waals surface area contributed by atoms with Crippen LogP contribution in [0.4, 0.5) is 5.69 Å². The van der Waals surface area contributed by atoms with Crippen molar-refractivity contribution >= 4 is 21.6 Å². The van der Waals surface area contributed by atoms with E-state index in [4.69, 9.17) is 0 Å². The number of para-hydroxylation sites is 1. The van der Waals surface area contributed by atoms with Gasteiger partial charge in [-0.2, -0.15) is 4.31 Å². The highest BCUT2D eigenvalue weighted by Crippen LogP contribution is 2.21. The molecule has 1 amide bonds. The molecule has 0 atom stereocenters. The number of carbonyl (C=O) groups is 1. The number of rotatable bonds is 8. The quantitative estimate of drug-likeness (QED) is 0.641. The molecule has 0 spiro atoms. The molecule has 2 saturated heterocycles. The fraction of sp³-hybridized carbons (Fsp3) is 0.480. The number of anilines is 1. The maximum Gasteiger partial charge on any atom is 0.243 e. The smallest absolute Gasteiger partial charge is 0.243 e. The van der Waals surface area contributed by atoms with E-state index in [1.165, 1.54) is 5.69 Å². The van der Waals surface area contributed by atoms with Gasteiger partial charge in [-0.3, -0.25) is 9.69 Å². The zero-order valence-corrected chi connectivity index (χ0v) is 20.0. The van der Waals surface area contributed by atoms with Crippen LogP contribution < -0.4 is 10.2 Å². The lowest BCUT2D eigenvalue weighted by molar-refractivity contribution is -0.120. The fourth-order valence-corrected chi connectivity index (χ4v) is 6.02. The Morgan fingerprint density at radius 1 is 0.818 bits per heavy atom. The van der Waals surface area contributed by atoms with Crippen molar-refractivity contribution < 1.29 is 13.2 Å². The summed E-state index contributed by atoms with van der Waals surface area (Å²) in [5.74, 6) is -0.0374. The van der Waals surface area contributed by atoms with E-state index in [0.29, 0.717) is 24.5 Å². The number of piperazine rings is 1. The lowest BCUT2D eigenvalue weighted by atomic mass is 10.1. The lowest BCUT2D eigenvalue weighted by Crippen LogP contribution is -2.48. The van der Waals surface area contributed by atoms with Gasteiger partial charge < -0.3 is 10.2 Å². The summed E-state index contributed by atoms with van der Waals surface area (Å²) in [4.78, 5) is 17.4. The number of piperidine rings is 1. The maximum atomic E-state index is 12.8. The first-order valence-electron chi connectivity index (χ1n) is 11.9. The van der Waals surface area contributed by atoms with Gasteiger partial charge in [-0.15, -0.1) is 0 Å². The Hall–Kier alpha value is -2.42. The molecule has 2 fully saturated rings. The van der Waals surface area contributed by atoms with Crippen LogP contribution in [-0.2, 0) is 21.2 Å². The number of hydrogen-bond acceptors (Lipinski definition) is 5. The normalized spacial score (nSPS) is 18.2. The predicted octanol–water partition coefficient (Wildman–Crippen LogP) is 2.34. The standard InChI is InChI=1S/C25H34N4O3S/c30-25(26-13-16-27-17-19-28(20-18-27)23-7-3-1-4-8-23)21-22-9-11-24(12-10-22)33(31,32)29-14-5-2-6-15-29/h1,3-4,7-12H,2,5-6,13-21H2,(H,26,30). The molecule has 2 aliphatic heterocycles. The summed E-state index contributed by atoms with van der Waals surface area (Å²) in [6.07, 6.45) is 3.18. The van der Waals surface area contributed by atoms with E-state index in [2.05, 4.69) is 39.4 Å². The minimum Gasteiger partial charge on any atom is -0.369 e. The summed E-state index contributed by atoms with van der Waals surface area (Å²) in [5.41, 5.74) is 2.08. The minimum atomic E-state index is -3.43. The molecule has 0 unspecified atom stereocenters. The number of hydrogen-bond donors (Lipinski definition) is 1. The van der Waals surface area contributed by atoms with Crippen molar-refractivity contribution in [3.63, 3.8) is 0 Å². The van der Waals surface area contributed by atoms with Crippen molar-refractivity contribution in [3.05, 3.63) is 60.2 Å². The molecule has 7 nitrogen and oxygen atoms in total. The van der Waals surface area contributed by atoms with Crippen LogP contribution in [0.15, 0.2) is 59.5 Å². The molecular formula is C25H34N4O3S. The average Bonchev–Trinajstić information content (AvgIpc) is 2.86. The summed E-state index contributed by atoms with van der Waals surface area (Å²) in [5, 5.41) is 3.00. The van der Waals surface area contributed by atoms with Gasteiger partial charge in [0, 0.05) is 58.0 Å². The van der Waals surface area contributed by atoms with Crippen LogP contribution in [0, 0.1) is 0 Å². The molecule has 0 aromatic heterocycles. The Kier molecular flexibility index (Phi) is 8.01. The maximum absolute atomic E-state index is 12.8. The highest BCUT2D eigenvalue weighted by molar-refractivity contribution is 7.89. The van der Waals surface area contributed by atoms with Crippen molar-refractivity contribution in [2.45, 2.75) is 30.6 Å². The number of sulfonamides is 1. The van der Waals surface area contributed by atoms with Gasteiger partial charge in [-0.05, 0) is 42.7 Å². The molecule has 33 heavy (non-hydrogen) atoms. The highest BCUT2D eigenvalue weighted by atomic mass is 32.2. The van der Waals surface area contributed by atoms with Crippen molar-refractivity contribution in [1.82, 2.24) is 14.5 Å². The third-order valence-electron chi connectivity index (χ3n) is 6.48. The molecule has 178 valence electrons. The van der Waals surface area contributed by atoms with Gasteiger partial charge in [-0.25, -0.2) is 8.42 Å². The van der Waals surface area contributed by atoms with Crippen LogP contribution in [0.3, 0.4) is 0 Å². The molecule has 0 aliphatic carbocycles. The van der Waals surface area contributed by atoms with E-state index in [9.17, 15) is 13.2 Å². The van der Waals surface area contributed by atoms with Crippen LogP contribution in [0.2, 0.25) is 0 Å². The van der Waals surface area contributed by atoms with Gasteiger partial charge in [0.1, 0.15) is 0 Å². The SMILES string of the molecule is O=C(Cc1ccc(S(=O)(=O)N2CCCCC2)cc1)NCCN1CCN(c2ccccc2)CC1. The van der Waals surface area contributed by atoms with Gasteiger partial charge >= 0.3 is 0 Å². The van der Waals surface area contributed by atoms with Crippen LogP contribution in [0.25, 0.3) is 0 Å². The second-order valence-electron chi connectivity index (χ2n) is 8.80. The zero-order valence-electron chi connectivity index (χ0n) is 19.2. The second kappa shape index (κ2) is 11.1. The van der Waals surface area contributed by atoms with E-state index in [1.54, 1.807) is 28.6 Å². The van der Waals surface area contributed by atoms with Crippen molar-refractivity contribution in [3.8, 4) is 0 Å². The molecule has 2 aliphatic rings. The number of nitrogens with zero attached hydrogens (tertiary/aromatic N) is 3. The van der Waals surface area contributed by atoms with E-state index in [-0.39, 0.29) is 12.3 Å². The molecule has 2 aromatic rings. The third kappa shape index (κ3) is 6.34. The molecular weight excluding hydrogens is 436 g/mol. The van der Waals surface area contributed by atoms with Gasteiger partial charge in [0.05, 0.1) is 11.3 Å². The van der Waals surface area contributed by atoms with Crippen LogP contribution in [0.5, 0.6) is 0 Å². The van der Waals surface area contributed by atoms with Crippen LogP contribution >= 0.6 is 0 Å². The van der Waals surface area contributed by atoms with Gasteiger partial charge in [0.25, 0.3) is 0 Å². The average molecular weight is 471 g/mol. The number of amides is 1. The van der Waals surface area contributed by atoms with Crippen molar-refractivity contribution in [2.24, 2.45) is 0 Å². The largest absolute Gasteiger partial charge is 0.369 e. The molecule has 1 N–H and O–H groups in total. The molecule has 2 aromatic carbocycles.